The Morgan fingerprint density at radius 2 is 1.46 bits per heavy atom. The Morgan fingerprint density at radius 1 is 0.875 bits per heavy atom. The van der Waals surface area contributed by atoms with Gasteiger partial charge in [0.1, 0.15) is 0 Å². The molecule has 6 nitrogen and oxygen atoms in total. The fraction of sp³-hybridized carbons (Fsp3) is 0.118. The molecule has 0 saturated heterocycles. The molecule has 0 atom stereocenters. The molecular weight excluding hydrogens is 330 g/mol. The maximum Gasteiger partial charge on any atom is 0.313 e. The topological polar surface area (TPSA) is 101 Å². The smallest absolute Gasteiger partial charge is 0.313 e. The first kappa shape index (κ1) is 17.5. The number of anilines is 1. The van der Waals surface area contributed by atoms with Gasteiger partial charge in [0.2, 0.25) is 5.91 Å². The van der Waals surface area contributed by atoms with Crippen molar-refractivity contribution < 1.29 is 14.4 Å². The number of rotatable bonds is 5. The molecule has 2 aromatic carbocycles. The number of carbonyl (C=O) groups is 3. The minimum atomic E-state index is -0.772. The van der Waals surface area contributed by atoms with E-state index in [0.717, 1.165) is 11.1 Å². The van der Waals surface area contributed by atoms with Gasteiger partial charge < -0.3 is 16.4 Å². The van der Waals surface area contributed by atoms with Crippen LogP contribution in [0.1, 0.15) is 11.1 Å². The van der Waals surface area contributed by atoms with Gasteiger partial charge in [-0.3, -0.25) is 14.4 Å². The lowest BCUT2D eigenvalue weighted by atomic mass is 10.1. The quantitative estimate of drug-likeness (QED) is 0.718. The number of hydrogen-bond donors (Lipinski definition) is 3. The molecule has 7 heteroatoms. The van der Waals surface area contributed by atoms with Crippen LogP contribution in [-0.2, 0) is 27.3 Å². The minimum Gasteiger partial charge on any atom is -0.369 e. The number of carbonyl (C=O) groups excluding carboxylic acids is 3. The predicted octanol–water partition coefficient (Wildman–Crippen LogP) is 1.62. The van der Waals surface area contributed by atoms with Gasteiger partial charge in [0, 0.05) is 17.3 Å². The monoisotopic (exact) mass is 345 g/mol. The van der Waals surface area contributed by atoms with Crippen molar-refractivity contribution in [2.75, 3.05) is 5.32 Å². The van der Waals surface area contributed by atoms with E-state index in [4.69, 9.17) is 17.3 Å². The normalized spacial score (nSPS) is 10.0. The molecule has 4 N–H and O–H groups in total. The number of amides is 3. The van der Waals surface area contributed by atoms with Gasteiger partial charge >= 0.3 is 11.8 Å². The van der Waals surface area contributed by atoms with E-state index in [1.54, 1.807) is 48.5 Å². The summed E-state index contributed by atoms with van der Waals surface area (Å²) in [5, 5.41) is 5.60. The van der Waals surface area contributed by atoms with Crippen LogP contribution < -0.4 is 16.4 Å². The van der Waals surface area contributed by atoms with Crippen LogP contribution in [0, 0.1) is 0 Å². The van der Waals surface area contributed by atoms with Gasteiger partial charge in [0.25, 0.3) is 0 Å². The van der Waals surface area contributed by atoms with Crippen molar-refractivity contribution in [1.29, 1.82) is 0 Å². The van der Waals surface area contributed by atoms with E-state index in [-0.39, 0.29) is 13.0 Å². The number of halogens is 1. The Morgan fingerprint density at radius 3 is 2.04 bits per heavy atom. The predicted molar refractivity (Wildman–Crippen MR) is 91.3 cm³/mol. The molecule has 0 saturated carbocycles. The molecule has 0 spiro atoms. The van der Waals surface area contributed by atoms with Crippen LogP contribution >= 0.6 is 11.6 Å². The van der Waals surface area contributed by atoms with E-state index in [2.05, 4.69) is 10.6 Å². The summed E-state index contributed by atoms with van der Waals surface area (Å²) in [6, 6.07) is 13.5. The zero-order valence-electron chi connectivity index (χ0n) is 12.7. The lowest BCUT2D eigenvalue weighted by Crippen LogP contribution is -2.34. The SMILES string of the molecule is NC(=O)Cc1ccc(NC(=O)C(=O)NCc2ccc(Cl)cc2)cc1. The minimum absolute atomic E-state index is 0.121. The van der Waals surface area contributed by atoms with E-state index >= 15 is 0 Å². The highest BCUT2D eigenvalue weighted by Crippen LogP contribution is 2.11. The first-order chi connectivity index (χ1) is 11.4. The van der Waals surface area contributed by atoms with E-state index in [9.17, 15) is 14.4 Å². The standard InChI is InChI=1S/C17H16ClN3O3/c18-13-5-1-12(2-6-13)10-20-16(23)17(24)21-14-7-3-11(4-8-14)9-15(19)22/h1-8H,9-10H2,(H2,19,22)(H,20,23)(H,21,24). The molecule has 0 bridgehead atoms. The summed E-state index contributed by atoms with van der Waals surface area (Å²) in [6.45, 7) is 0.223. The fourth-order valence-electron chi connectivity index (χ4n) is 1.96. The number of hydrogen-bond acceptors (Lipinski definition) is 3. The van der Waals surface area contributed by atoms with Crippen molar-refractivity contribution in [1.82, 2.24) is 5.32 Å². The van der Waals surface area contributed by atoms with Crippen molar-refractivity contribution >= 4 is 35.0 Å². The van der Waals surface area contributed by atoms with Gasteiger partial charge in [-0.15, -0.1) is 0 Å². The van der Waals surface area contributed by atoms with Crippen LogP contribution in [0.3, 0.4) is 0 Å². The Hall–Kier alpha value is -2.86. The van der Waals surface area contributed by atoms with Crippen LogP contribution in [-0.4, -0.2) is 17.7 Å². The second-order valence-electron chi connectivity index (χ2n) is 5.10. The first-order valence-corrected chi connectivity index (χ1v) is 7.52. The molecule has 0 heterocycles. The van der Waals surface area contributed by atoms with Gasteiger partial charge in [-0.05, 0) is 35.4 Å². The van der Waals surface area contributed by atoms with Crippen molar-refractivity contribution in [3.05, 3.63) is 64.7 Å². The highest BCUT2D eigenvalue weighted by molar-refractivity contribution is 6.39. The molecule has 0 fully saturated rings. The fourth-order valence-corrected chi connectivity index (χ4v) is 2.09. The van der Waals surface area contributed by atoms with E-state index in [0.29, 0.717) is 10.7 Å². The molecular formula is C17H16ClN3O3. The first-order valence-electron chi connectivity index (χ1n) is 7.15. The van der Waals surface area contributed by atoms with Crippen LogP contribution in [0.25, 0.3) is 0 Å². The molecule has 0 aliphatic rings. The average Bonchev–Trinajstić information content (AvgIpc) is 2.55. The number of benzene rings is 2. The third-order valence-corrected chi connectivity index (χ3v) is 3.41. The molecule has 0 radical (unpaired) electrons. The van der Waals surface area contributed by atoms with Crippen LogP contribution in [0.4, 0.5) is 5.69 Å². The lowest BCUT2D eigenvalue weighted by molar-refractivity contribution is -0.136. The van der Waals surface area contributed by atoms with Crippen molar-refractivity contribution in [2.45, 2.75) is 13.0 Å². The van der Waals surface area contributed by atoms with Crippen molar-refractivity contribution in [3.63, 3.8) is 0 Å². The summed E-state index contributed by atoms with van der Waals surface area (Å²) < 4.78 is 0. The van der Waals surface area contributed by atoms with Crippen LogP contribution in [0.15, 0.2) is 48.5 Å². The van der Waals surface area contributed by atoms with E-state index in [1.807, 2.05) is 0 Å². The molecule has 124 valence electrons. The van der Waals surface area contributed by atoms with Crippen molar-refractivity contribution in [2.24, 2.45) is 5.73 Å². The summed E-state index contributed by atoms with van der Waals surface area (Å²) in [4.78, 5) is 34.4. The summed E-state index contributed by atoms with van der Waals surface area (Å²) in [6.07, 6.45) is 0.121. The summed E-state index contributed by atoms with van der Waals surface area (Å²) in [5.41, 5.74) is 7.12. The van der Waals surface area contributed by atoms with Gasteiger partial charge in [0.15, 0.2) is 0 Å². The number of nitrogens with one attached hydrogen (secondary N) is 2. The molecule has 0 unspecified atom stereocenters. The van der Waals surface area contributed by atoms with Gasteiger partial charge in [-0.2, -0.15) is 0 Å². The third-order valence-electron chi connectivity index (χ3n) is 3.16. The molecule has 2 aromatic rings. The lowest BCUT2D eigenvalue weighted by Gasteiger charge is -2.07. The maximum atomic E-state index is 11.8. The molecule has 0 aromatic heterocycles. The summed E-state index contributed by atoms with van der Waals surface area (Å²) in [5.74, 6) is -1.95. The Kier molecular flexibility index (Phi) is 5.92. The van der Waals surface area contributed by atoms with Crippen LogP contribution in [0.2, 0.25) is 5.02 Å². The molecule has 0 aliphatic carbocycles. The number of primary amides is 1. The van der Waals surface area contributed by atoms with Gasteiger partial charge in [-0.25, -0.2) is 0 Å². The second-order valence-corrected chi connectivity index (χ2v) is 5.54. The number of nitrogens with two attached hydrogens (primary N) is 1. The zero-order chi connectivity index (χ0) is 17.5. The molecule has 2 rings (SSSR count). The Labute approximate surface area is 144 Å². The molecule has 3 amide bonds. The zero-order valence-corrected chi connectivity index (χ0v) is 13.5. The highest BCUT2D eigenvalue weighted by Gasteiger charge is 2.13. The van der Waals surface area contributed by atoms with E-state index in [1.165, 1.54) is 0 Å². The maximum absolute atomic E-state index is 11.8. The second kappa shape index (κ2) is 8.12. The van der Waals surface area contributed by atoms with Crippen molar-refractivity contribution in [3.8, 4) is 0 Å². The van der Waals surface area contributed by atoms with Crippen LogP contribution in [0.5, 0.6) is 0 Å². The third kappa shape index (κ3) is 5.40. The average molecular weight is 346 g/mol. The molecule has 0 aliphatic heterocycles. The Balaban J connectivity index is 1.85. The highest BCUT2D eigenvalue weighted by atomic mass is 35.5. The van der Waals surface area contributed by atoms with E-state index < -0.39 is 17.7 Å². The van der Waals surface area contributed by atoms with Gasteiger partial charge in [0.05, 0.1) is 6.42 Å². The summed E-state index contributed by atoms with van der Waals surface area (Å²) in [7, 11) is 0. The summed E-state index contributed by atoms with van der Waals surface area (Å²) >= 11 is 5.78. The van der Waals surface area contributed by atoms with Gasteiger partial charge in [-0.1, -0.05) is 35.9 Å². The largest absolute Gasteiger partial charge is 0.369 e. The Bertz CT molecular complexity index is 743. The molecule has 24 heavy (non-hydrogen) atoms.